The summed E-state index contributed by atoms with van der Waals surface area (Å²) in [5.41, 5.74) is 5.43. The number of nitrogens with two attached hydrogens (primary N) is 1. The van der Waals surface area contributed by atoms with Gasteiger partial charge >= 0.3 is 0 Å². The molecule has 0 saturated heterocycles. The third-order valence-corrected chi connectivity index (χ3v) is 3.86. The third kappa shape index (κ3) is 7.64. The Labute approximate surface area is 111 Å². The number of rotatable bonds is 11. The Morgan fingerprint density at radius 2 is 1.35 bits per heavy atom. The smallest absolute Gasteiger partial charge is 0.238 e. The Morgan fingerprint density at radius 1 is 0.941 bits per heavy atom. The summed E-state index contributed by atoms with van der Waals surface area (Å²) in [5.74, 6) is -0.341. The first-order chi connectivity index (χ1) is 8.06. The number of primary amides is 1. The van der Waals surface area contributed by atoms with Gasteiger partial charge in [-0.15, -0.1) is 11.6 Å². The summed E-state index contributed by atoms with van der Waals surface area (Å²) in [4.78, 5) is 10.6. The molecule has 3 heteroatoms. The highest BCUT2D eigenvalue weighted by atomic mass is 35.5. The summed E-state index contributed by atoms with van der Waals surface area (Å²) >= 11 is 6.36. The lowest BCUT2D eigenvalue weighted by Gasteiger charge is -2.23. The molecule has 0 heterocycles. The number of hydrogen-bond acceptors (Lipinski definition) is 1. The van der Waals surface area contributed by atoms with Crippen molar-refractivity contribution < 1.29 is 4.79 Å². The van der Waals surface area contributed by atoms with E-state index >= 15 is 0 Å². The van der Waals surface area contributed by atoms with Crippen molar-refractivity contribution in [3.63, 3.8) is 0 Å². The highest BCUT2D eigenvalue weighted by Crippen LogP contribution is 2.29. The van der Waals surface area contributed by atoms with E-state index in [-0.39, 0.29) is 5.91 Å². The SMILES string of the molecule is CCCCCCC(Cl)(CCCCCC)C(N)=O. The van der Waals surface area contributed by atoms with E-state index in [1.54, 1.807) is 0 Å². The monoisotopic (exact) mass is 261 g/mol. The predicted octanol–water partition coefficient (Wildman–Crippen LogP) is 4.39. The standard InChI is InChI=1S/C14H28ClNO/c1-3-5-7-9-11-14(15,13(16)17)12-10-8-6-4-2/h3-12H2,1-2H3,(H2,16,17). The number of carbonyl (C=O) groups is 1. The summed E-state index contributed by atoms with van der Waals surface area (Å²) in [6.45, 7) is 4.35. The van der Waals surface area contributed by atoms with Crippen LogP contribution in [0, 0.1) is 0 Å². The summed E-state index contributed by atoms with van der Waals surface area (Å²) in [6.07, 6.45) is 10.6. The van der Waals surface area contributed by atoms with Crippen LogP contribution in [0.25, 0.3) is 0 Å². The lowest BCUT2D eigenvalue weighted by Crippen LogP contribution is -2.38. The van der Waals surface area contributed by atoms with E-state index in [9.17, 15) is 4.79 Å². The van der Waals surface area contributed by atoms with Crippen molar-refractivity contribution in [1.82, 2.24) is 0 Å². The Bertz CT molecular complexity index is 194. The zero-order valence-electron chi connectivity index (χ0n) is 11.4. The highest BCUT2D eigenvalue weighted by molar-refractivity contribution is 6.34. The molecule has 0 rings (SSSR count). The molecule has 0 aromatic rings. The van der Waals surface area contributed by atoms with Gasteiger partial charge in [-0.25, -0.2) is 0 Å². The molecule has 0 aromatic heterocycles. The quantitative estimate of drug-likeness (QED) is 0.435. The molecule has 0 bridgehead atoms. The number of halogens is 1. The van der Waals surface area contributed by atoms with Gasteiger partial charge in [0.2, 0.25) is 5.91 Å². The molecule has 0 unspecified atom stereocenters. The lowest BCUT2D eigenvalue weighted by molar-refractivity contribution is -0.121. The molecular formula is C14H28ClNO. The molecule has 0 saturated carbocycles. The number of hydrogen-bond donors (Lipinski definition) is 1. The second-order valence-electron chi connectivity index (χ2n) is 4.95. The lowest BCUT2D eigenvalue weighted by atomic mass is 9.93. The first-order valence-corrected chi connectivity index (χ1v) is 7.43. The fourth-order valence-electron chi connectivity index (χ4n) is 2.04. The second kappa shape index (κ2) is 9.76. The minimum absolute atomic E-state index is 0.341. The van der Waals surface area contributed by atoms with Gasteiger partial charge < -0.3 is 5.73 Å². The van der Waals surface area contributed by atoms with Crippen LogP contribution < -0.4 is 5.73 Å². The molecular weight excluding hydrogens is 234 g/mol. The zero-order valence-corrected chi connectivity index (χ0v) is 12.2. The van der Waals surface area contributed by atoms with Crippen molar-refractivity contribution in [1.29, 1.82) is 0 Å². The molecule has 0 aliphatic rings. The zero-order chi connectivity index (χ0) is 13.1. The van der Waals surface area contributed by atoms with Crippen LogP contribution in [-0.2, 0) is 4.79 Å². The summed E-state index contributed by atoms with van der Waals surface area (Å²) in [6, 6.07) is 0. The Hall–Kier alpha value is -0.240. The van der Waals surface area contributed by atoms with Crippen molar-refractivity contribution >= 4 is 17.5 Å². The molecule has 0 aromatic carbocycles. The molecule has 2 nitrogen and oxygen atoms in total. The molecule has 1 amide bonds. The summed E-state index contributed by atoms with van der Waals surface area (Å²) < 4.78 is 0. The van der Waals surface area contributed by atoms with Gasteiger partial charge in [0.1, 0.15) is 4.87 Å². The molecule has 0 fully saturated rings. The van der Waals surface area contributed by atoms with Crippen LogP contribution in [0.15, 0.2) is 0 Å². The van der Waals surface area contributed by atoms with Gasteiger partial charge in [0.15, 0.2) is 0 Å². The van der Waals surface area contributed by atoms with Crippen molar-refractivity contribution in [3.8, 4) is 0 Å². The minimum atomic E-state index is -0.790. The fourth-order valence-corrected chi connectivity index (χ4v) is 2.30. The number of alkyl halides is 1. The summed E-state index contributed by atoms with van der Waals surface area (Å²) in [7, 11) is 0. The molecule has 0 radical (unpaired) electrons. The van der Waals surface area contributed by atoms with E-state index < -0.39 is 4.87 Å². The molecule has 0 aliphatic carbocycles. The largest absolute Gasteiger partial charge is 0.368 e. The second-order valence-corrected chi connectivity index (χ2v) is 5.67. The van der Waals surface area contributed by atoms with Gasteiger partial charge in [0.25, 0.3) is 0 Å². The van der Waals surface area contributed by atoms with E-state index in [0.717, 1.165) is 38.5 Å². The van der Waals surface area contributed by atoms with Gasteiger partial charge in [0.05, 0.1) is 0 Å². The maximum atomic E-state index is 11.4. The number of carbonyl (C=O) groups excluding carboxylic acids is 1. The van der Waals surface area contributed by atoms with Crippen molar-refractivity contribution in [3.05, 3.63) is 0 Å². The maximum Gasteiger partial charge on any atom is 0.238 e. The van der Waals surface area contributed by atoms with E-state index in [0.29, 0.717) is 0 Å². The maximum absolute atomic E-state index is 11.4. The summed E-state index contributed by atoms with van der Waals surface area (Å²) in [5, 5.41) is 0. The van der Waals surface area contributed by atoms with Crippen LogP contribution in [0.1, 0.15) is 78.1 Å². The highest BCUT2D eigenvalue weighted by Gasteiger charge is 2.32. The fraction of sp³-hybridized carbons (Fsp3) is 0.929. The normalized spacial score (nSPS) is 11.7. The van der Waals surface area contributed by atoms with Crippen LogP contribution in [-0.4, -0.2) is 10.8 Å². The van der Waals surface area contributed by atoms with Gasteiger partial charge in [-0.1, -0.05) is 65.2 Å². The van der Waals surface area contributed by atoms with Gasteiger partial charge in [-0.2, -0.15) is 0 Å². The van der Waals surface area contributed by atoms with Gasteiger partial charge in [-0.05, 0) is 12.8 Å². The van der Waals surface area contributed by atoms with E-state index in [2.05, 4.69) is 13.8 Å². The first kappa shape index (κ1) is 16.8. The van der Waals surface area contributed by atoms with Crippen molar-refractivity contribution in [2.45, 2.75) is 82.9 Å². The van der Waals surface area contributed by atoms with Crippen LogP contribution in [0.2, 0.25) is 0 Å². The molecule has 0 aliphatic heterocycles. The average Bonchev–Trinajstić information content (AvgIpc) is 2.30. The van der Waals surface area contributed by atoms with Crippen LogP contribution in [0.4, 0.5) is 0 Å². The first-order valence-electron chi connectivity index (χ1n) is 7.05. The van der Waals surface area contributed by atoms with Crippen LogP contribution in [0.5, 0.6) is 0 Å². The number of amides is 1. The van der Waals surface area contributed by atoms with Crippen molar-refractivity contribution in [2.24, 2.45) is 5.73 Å². The van der Waals surface area contributed by atoms with Crippen LogP contribution in [0.3, 0.4) is 0 Å². The number of unbranched alkanes of at least 4 members (excludes halogenated alkanes) is 6. The predicted molar refractivity (Wildman–Crippen MR) is 75.3 cm³/mol. The third-order valence-electron chi connectivity index (χ3n) is 3.29. The average molecular weight is 262 g/mol. The van der Waals surface area contributed by atoms with Gasteiger partial charge in [0, 0.05) is 0 Å². The molecule has 102 valence electrons. The molecule has 0 spiro atoms. The molecule has 2 N–H and O–H groups in total. The Kier molecular flexibility index (Phi) is 9.62. The van der Waals surface area contributed by atoms with E-state index in [1.807, 2.05) is 0 Å². The Balaban J connectivity index is 3.94. The van der Waals surface area contributed by atoms with Crippen molar-refractivity contribution in [2.75, 3.05) is 0 Å². The van der Waals surface area contributed by atoms with Crippen LogP contribution >= 0.6 is 11.6 Å². The van der Waals surface area contributed by atoms with Gasteiger partial charge in [-0.3, -0.25) is 4.79 Å². The van der Waals surface area contributed by atoms with E-state index in [1.165, 1.54) is 25.7 Å². The molecule has 0 atom stereocenters. The topological polar surface area (TPSA) is 43.1 Å². The Morgan fingerprint density at radius 3 is 1.65 bits per heavy atom. The van der Waals surface area contributed by atoms with E-state index in [4.69, 9.17) is 17.3 Å². The minimum Gasteiger partial charge on any atom is -0.368 e. The molecule has 17 heavy (non-hydrogen) atoms.